The van der Waals surface area contributed by atoms with Crippen molar-refractivity contribution in [2.45, 2.75) is 31.8 Å². The first-order chi connectivity index (χ1) is 5.23. The molecule has 62 valence electrons. The van der Waals surface area contributed by atoms with E-state index in [0.717, 1.165) is 32.2 Å². The highest BCUT2D eigenvalue weighted by Gasteiger charge is 2.47. The zero-order valence-corrected chi connectivity index (χ0v) is 6.47. The number of amides is 1. The van der Waals surface area contributed by atoms with Crippen molar-refractivity contribution in [3.8, 4) is 0 Å². The van der Waals surface area contributed by atoms with Crippen LogP contribution >= 0.6 is 0 Å². The van der Waals surface area contributed by atoms with Gasteiger partial charge in [0.15, 0.2) is 0 Å². The van der Waals surface area contributed by atoms with Crippen LogP contribution in [-0.2, 0) is 4.79 Å². The van der Waals surface area contributed by atoms with Gasteiger partial charge in [0.1, 0.15) is 0 Å². The van der Waals surface area contributed by atoms with Crippen molar-refractivity contribution in [1.29, 1.82) is 0 Å². The summed E-state index contributed by atoms with van der Waals surface area (Å²) >= 11 is 0. The standard InChI is InChI=1S/C8H13NO2/c10-6-1-3-8(4-2-6)5-9-7(8)11/h6,10H,1-5H2,(H,9,11). The van der Waals surface area contributed by atoms with Gasteiger partial charge in [-0.1, -0.05) is 0 Å². The van der Waals surface area contributed by atoms with Crippen LogP contribution in [0, 0.1) is 5.41 Å². The van der Waals surface area contributed by atoms with Crippen LogP contribution in [0.3, 0.4) is 0 Å². The van der Waals surface area contributed by atoms with Crippen LogP contribution in [0.15, 0.2) is 0 Å². The monoisotopic (exact) mass is 155 g/mol. The van der Waals surface area contributed by atoms with Crippen molar-refractivity contribution < 1.29 is 9.90 Å². The van der Waals surface area contributed by atoms with Gasteiger partial charge in [0, 0.05) is 6.54 Å². The van der Waals surface area contributed by atoms with Crippen molar-refractivity contribution in [2.75, 3.05) is 6.54 Å². The Morgan fingerprint density at radius 1 is 1.45 bits per heavy atom. The molecule has 2 N–H and O–H groups in total. The van der Waals surface area contributed by atoms with Crippen LogP contribution in [0.2, 0.25) is 0 Å². The van der Waals surface area contributed by atoms with Crippen molar-refractivity contribution in [1.82, 2.24) is 5.32 Å². The Labute approximate surface area is 65.8 Å². The summed E-state index contributed by atoms with van der Waals surface area (Å²) in [5.41, 5.74) is -0.0702. The number of β-lactam (4-membered cyclic amide) rings is 1. The zero-order chi connectivity index (χ0) is 7.90. The molecule has 1 aliphatic carbocycles. The van der Waals surface area contributed by atoms with E-state index in [0.29, 0.717) is 0 Å². The number of hydrogen-bond donors (Lipinski definition) is 2. The predicted molar refractivity (Wildman–Crippen MR) is 39.9 cm³/mol. The Bertz CT molecular complexity index is 183. The first-order valence-electron chi connectivity index (χ1n) is 4.19. The molecule has 1 heterocycles. The summed E-state index contributed by atoms with van der Waals surface area (Å²) in [5.74, 6) is 0.199. The highest BCUT2D eigenvalue weighted by molar-refractivity contribution is 5.88. The third kappa shape index (κ3) is 0.948. The maximum absolute atomic E-state index is 11.1. The predicted octanol–water partition coefficient (Wildman–Crippen LogP) is 0.0375. The maximum Gasteiger partial charge on any atom is 0.228 e. The van der Waals surface area contributed by atoms with Gasteiger partial charge in [0.2, 0.25) is 5.91 Å². The topological polar surface area (TPSA) is 49.3 Å². The first kappa shape index (κ1) is 7.10. The summed E-state index contributed by atoms with van der Waals surface area (Å²) in [7, 11) is 0. The molecule has 1 aliphatic heterocycles. The fraction of sp³-hybridized carbons (Fsp3) is 0.875. The van der Waals surface area contributed by atoms with Gasteiger partial charge in [0.25, 0.3) is 0 Å². The van der Waals surface area contributed by atoms with Crippen LogP contribution < -0.4 is 5.32 Å². The molecule has 0 atom stereocenters. The molecule has 1 saturated heterocycles. The third-order valence-electron chi connectivity index (χ3n) is 2.98. The minimum atomic E-state index is -0.158. The van der Waals surface area contributed by atoms with Crippen molar-refractivity contribution in [3.63, 3.8) is 0 Å². The van der Waals surface area contributed by atoms with Gasteiger partial charge in [-0.2, -0.15) is 0 Å². The molecule has 0 aromatic heterocycles. The number of hydrogen-bond acceptors (Lipinski definition) is 2. The summed E-state index contributed by atoms with van der Waals surface area (Å²) in [6.45, 7) is 0.832. The molecule has 3 nitrogen and oxygen atoms in total. The highest BCUT2D eigenvalue weighted by atomic mass is 16.3. The van der Waals surface area contributed by atoms with Crippen molar-refractivity contribution in [3.05, 3.63) is 0 Å². The van der Waals surface area contributed by atoms with Gasteiger partial charge in [-0.25, -0.2) is 0 Å². The molecular formula is C8H13NO2. The lowest BCUT2D eigenvalue weighted by Crippen LogP contribution is -2.60. The molecule has 0 aromatic carbocycles. The number of aliphatic hydroxyl groups excluding tert-OH is 1. The minimum absolute atomic E-state index is 0.0702. The lowest BCUT2D eigenvalue weighted by molar-refractivity contribution is -0.144. The summed E-state index contributed by atoms with van der Waals surface area (Å²) in [6, 6.07) is 0. The van der Waals surface area contributed by atoms with Gasteiger partial charge in [-0.05, 0) is 25.7 Å². The van der Waals surface area contributed by atoms with Gasteiger partial charge >= 0.3 is 0 Å². The Morgan fingerprint density at radius 2 is 2.09 bits per heavy atom. The molecule has 1 spiro atoms. The SMILES string of the molecule is O=C1NCC12CCC(O)CC2. The molecule has 1 saturated carbocycles. The van der Waals surface area contributed by atoms with Crippen molar-refractivity contribution in [2.24, 2.45) is 5.41 Å². The average molecular weight is 155 g/mol. The Kier molecular flexibility index (Phi) is 1.42. The van der Waals surface area contributed by atoms with E-state index < -0.39 is 0 Å². The number of carbonyl (C=O) groups excluding carboxylic acids is 1. The molecule has 0 unspecified atom stereocenters. The van der Waals surface area contributed by atoms with Gasteiger partial charge < -0.3 is 10.4 Å². The molecule has 0 aromatic rings. The first-order valence-corrected chi connectivity index (χ1v) is 4.19. The fourth-order valence-corrected chi connectivity index (χ4v) is 1.97. The van der Waals surface area contributed by atoms with E-state index in [1.807, 2.05) is 0 Å². The number of rotatable bonds is 0. The van der Waals surface area contributed by atoms with E-state index in [1.165, 1.54) is 0 Å². The fourth-order valence-electron chi connectivity index (χ4n) is 1.97. The lowest BCUT2D eigenvalue weighted by atomic mass is 9.68. The van der Waals surface area contributed by atoms with E-state index in [-0.39, 0.29) is 17.4 Å². The second kappa shape index (κ2) is 2.21. The number of aliphatic hydroxyl groups is 1. The summed E-state index contributed by atoms with van der Waals surface area (Å²) < 4.78 is 0. The molecule has 2 aliphatic rings. The zero-order valence-electron chi connectivity index (χ0n) is 6.47. The van der Waals surface area contributed by atoms with E-state index in [9.17, 15) is 9.90 Å². The quantitative estimate of drug-likeness (QED) is 0.485. The smallest absolute Gasteiger partial charge is 0.228 e. The third-order valence-corrected chi connectivity index (χ3v) is 2.98. The average Bonchev–Trinajstić information content (AvgIpc) is 2.03. The number of nitrogens with one attached hydrogen (secondary N) is 1. The molecule has 1 amide bonds. The Morgan fingerprint density at radius 3 is 2.45 bits per heavy atom. The number of carbonyl (C=O) groups is 1. The molecule has 2 rings (SSSR count). The molecule has 0 radical (unpaired) electrons. The maximum atomic E-state index is 11.1. The molecule has 0 bridgehead atoms. The second-order valence-electron chi connectivity index (χ2n) is 3.69. The van der Waals surface area contributed by atoms with Crippen molar-refractivity contribution >= 4 is 5.91 Å². The van der Waals surface area contributed by atoms with Gasteiger partial charge in [-0.3, -0.25) is 4.79 Å². The van der Waals surface area contributed by atoms with Crippen LogP contribution in [0.4, 0.5) is 0 Å². The van der Waals surface area contributed by atoms with Crippen LogP contribution in [0.5, 0.6) is 0 Å². The van der Waals surface area contributed by atoms with E-state index in [2.05, 4.69) is 5.32 Å². The molecular weight excluding hydrogens is 142 g/mol. The van der Waals surface area contributed by atoms with Crippen LogP contribution in [-0.4, -0.2) is 23.7 Å². The normalized spacial score (nSPS) is 43.4. The lowest BCUT2D eigenvalue weighted by Gasteiger charge is -2.44. The largest absolute Gasteiger partial charge is 0.393 e. The molecule has 11 heavy (non-hydrogen) atoms. The Hall–Kier alpha value is -0.570. The van der Waals surface area contributed by atoms with Crippen LogP contribution in [0.1, 0.15) is 25.7 Å². The summed E-state index contributed by atoms with van der Waals surface area (Å²) in [6.07, 6.45) is 3.19. The molecule has 2 fully saturated rings. The van der Waals surface area contributed by atoms with E-state index in [4.69, 9.17) is 0 Å². The van der Waals surface area contributed by atoms with E-state index in [1.54, 1.807) is 0 Å². The Balaban J connectivity index is 2.01. The van der Waals surface area contributed by atoms with Crippen LogP contribution in [0.25, 0.3) is 0 Å². The summed E-state index contributed by atoms with van der Waals surface area (Å²) in [4.78, 5) is 11.1. The van der Waals surface area contributed by atoms with E-state index >= 15 is 0 Å². The van der Waals surface area contributed by atoms with Gasteiger partial charge in [-0.15, -0.1) is 0 Å². The summed E-state index contributed by atoms with van der Waals surface area (Å²) in [5, 5.41) is 12.0. The second-order valence-corrected chi connectivity index (χ2v) is 3.69. The van der Waals surface area contributed by atoms with Gasteiger partial charge in [0.05, 0.1) is 11.5 Å². The minimum Gasteiger partial charge on any atom is -0.393 e. The highest BCUT2D eigenvalue weighted by Crippen LogP contribution is 2.40. The molecule has 3 heteroatoms.